The van der Waals surface area contributed by atoms with Crippen molar-refractivity contribution in [2.24, 2.45) is 4.99 Å². The van der Waals surface area contributed by atoms with Gasteiger partial charge in [0, 0.05) is 47.8 Å². The molecular formula is C35H41N5O6. The van der Waals surface area contributed by atoms with Gasteiger partial charge < -0.3 is 23.3 Å². The van der Waals surface area contributed by atoms with Crippen molar-refractivity contribution in [2.75, 3.05) is 13.1 Å². The molecule has 0 unspecified atom stereocenters. The molecule has 1 N–H and O–H groups in total. The molecule has 2 saturated heterocycles. The number of allylic oxidation sites excluding steroid dienone is 1. The van der Waals surface area contributed by atoms with Crippen LogP contribution in [-0.2, 0) is 9.47 Å². The summed E-state index contributed by atoms with van der Waals surface area (Å²) in [6.07, 6.45) is 7.12. The molecule has 46 heavy (non-hydrogen) atoms. The minimum atomic E-state index is -0.557. The van der Waals surface area contributed by atoms with Crippen molar-refractivity contribution in [1.82, 2.24) is 19.8 Å². The summed E-state index contributed by atoms with van der Waals surface area (Å²) in [6, 6.07) is 7.72. The molecule has 7 rings (SSSR count). The number of benzene rings is 1. The molecule has 0 saturated carbocycles. The second-order valence-electron chi connectivity index (χ2n) is 14.4. The van der Waals surface area contributed by atoms with Crippen molar-refractivity contribution >= 4 is 45.4 Å². The van der Waals surface area contributed by atoms with E-state index in [0.717, 1.165) is 76.2 Å². The SMILES string of the molecule is CC(C)(C)OC(=O)N1CCC[C@H]1C1=NC=C(c2cc3cc4oc(-c5cnc([C@@H]6CCCN6C(=O)OC(C)(C)C)[nH]5)cc4cc3o2)C1. The predicted molar refractivity (Wildman–Crippen MR) is 174 cm³/mol. The molecule has 0 radical (unpaired) electrons. The third kappa shape index (κ3) is 5.90. The van der Waals surface area contributed by atoms with E-state index in [9.17, 15) is 9.59 Å². The minimum absolute atomic E-state index is 0.0641. The number of likely N-dealkylation sites (tertiary alicyclic amines) is 2. The highest BCUT2D eigenvalue weighted by Gasteiger charge is 2.37. The van der Waals surface area contributed by atoms with Crippen molar-refractivity contribution < 1.29 is 27.9 Å². The molecular weight excluding hydrogens is 586 g/mol. The van der Waals surface area contributed by atoms with E-state index in [-0.39, 0.29) is 24.3 Å². The molecule has 2 fully saturated rings. The lowest BCUT2D eigenvalue weighted by Crippen LogP contribution is -2.43. The van der Waals surface area contributed by atoms with Gasteiger partial charge in [-0.25, -0.2) is 14.6 Å². The summed E-state index contributed by atoms with van der Waals surface area (Å²) >= 11 is 0. The van der Waals surface area contributed by atoms with Gasteiger partial charge >= 0.3 is 12.2 Å². The van der Waals surface area contributed by atoms with Crippen LogP contribution in [0.15, 0.2) is 50.5 Å². The summed E-state index contributed by atoms with van der Waals surface area (Å²) in [6.45, 7) is 12.6. The Balaban J connectivity index is 1.05. The maximum absolute atomic E-state index is 12.8. The first-order valence-corrected chi connectivity index (χ1v) is 16.1. The summed E-state index contributed by atoms with van der Waals surface area (Å²) in [5.74, 6) is 2.13. The van der Waals surface area contributed by atoms with Gasteiger partial charge in [0.25, 0.3) is 0 Å². The number of H-pyrrole nitrogens is 1. The zero-order chi connectivity index (χ0) is 32.4. The third-order valence-electron chi connectivity index (χ3n) is 8.55. The maximum Gasteiger partial charge on any atom is 0.410 e. The predicted octanol–water partition coefficient (Wildman–Crippen LogP) is 8.23. The highest BCUT2D eigenvalue weighted by Crippen LogP contribution is 2.37. The van der Waals surface area contributed by atoms with E-state index < -0.39 is 11.2 Å². The van der Waals surface area contributed by atoms with Crippen molar-refractivity contribution in [3.8, 4) is 11.5 Å². The number of rotatable bonds is 4. The zero-order valence-electron chi connectivity index (χ0n) is 27.3. The second-order valence-corrected chi connectivity index (χ2v) is 14.4. The van der Waals surface area contributed by atoms with Crippen molar-refractivity contribution in [2.45, 2.75) is 96.9 Å². The highest BCUT2D eigenvalue weighted by atomic mass is 16.6. The smallest absolute Gasteiger partial charge is 0.410 e. The van der Waals surface area contributed by atoms with E-state index in [1.165, 1.54) is 0 Å². The molecule has 3 aliphatic heterocycles. The van der Waals surface area contributed by atoms with Gasteiger partial charge in [0.1, 0.15) is 39.6 Å². The molecule has 0 aliphatic carbocycles. The molecule has 11 nitrogen and oxygen atoms in total. The summed E-state index contributed by atoms with van der Waals surface area (Å²) in [5.41, 5.74) is 3.08. The number of aliphatic imine (C=N–C) groups is 1. The minimum Gasteiger partial charge on any atom is -0.456 e. The number of carbonyl (C=O) groups is 2. The topological polar surface area (TPSA) is 126 Å². The molecule has 3 aliphatic rings. The molecule has 1 aromatic carbocycles. The normalized spacial score (nSPS) is 20.6. The number of ether oxygens (including phenoxy) is 2. The van der Waals surface area contributed by atoms with E-state index in [4.69, 9.17) is 23.3 Å². The van der Waals surface area contributed by atoms with Gasteiger partial charge in [-0.3, -0.25) is 14.8 Å². The van der Waals surface area contributed by atoms with Crippen LogP contribution in [0.5, 0.6) is 0 Å². The fourth-order valence-electron chi connectivity index (χ4n) is 6.54. The number of imidazole rings is 1. The van der Waals surface area contributed by atoms with Crippen LogP contribution in [-0.4, -0.2) is 68.0 Å². The van der Waals surface area contributed by atoms with Gasteiger partial charge in [-0.15, -0.1) is 0 Å². The molecule has 2 amide bonds. The number of aromatic nitrogens is 2. The number of carbonyl (C=O) groups excluding carboxylic acids is 2. The number of furan rings is 2. The summed E-state index contributed by atoms with van der Waals surface area (Å²) in [4.78, 5) is 41.9. The molecule has 2 atom stereocenters. The van der Waals surface area contributed by atoms with Crippen molar-refractivity contribution in [3.05, 3.63) is 48.2 Å². The number of hydrogen-bond acceptors (Lipinski definition) is 8. The van der Waals surface area contributed by atoms with Gasteiger partial charge in [-0.1, -0.05) is 0 Å². The quantitative estimate of drug-likeness (QED) is 0.241. The van der Waals surface area contributed by atoms with E-state index in [1.54, 1.807) is 16.0 Å². The molecule has 4 aromatic rings. The van der Waals surface area contributed by atoms with Crippen LogP contribution >= 0.6 is 0 Å². The van der Waals surface area contributed by atoms with Crippen molar-refractivity contribution in [3.63, 3.8) is 0 Å². The number of fused-ring (bicyclic) bond motifs is 2. The summed E-state index contributed by atoms with van der Waals surface area (Å²) in [7, 11) is 0. The van der Waals surface area contributed by atoms with Gasteiger partial charge in [-0.2, -0.15) is 0 Å². The van der Waals surface area contributed by atoms with Crippen LogP contribution < -0.4 is 0 Å². The molecule has 3 aromatic heterocycles. The van der Waals surface area contributed by atoms with E-state index >= 15 is 0 Å². The molecule has 0 bridgehead atoms. The van der Waals surface area contributed by atoms with Gasteiger partial charge in [-0.05, 0) is 91.5 Å². The van der Waals surface area contributed by atoms with E-state index in [2.05, 4.69) is 9.97 Å². The van der Waals surface area contributed by atoms with Crippen LogP contribution in [0, 0.1) is 0 Å². The average molecular weight is 628 g/mol. The lowest BCUT2D eigenvalue weighted by Gasteiger charge is -2.28. The van der Waals surface area contributed by atoms with Crippen LogP contribution in [0.1, 0.15) is 91.3 Å². The molecule has 6 heterocycles. The van der Waals surface area contributed by atoms with E-state index in [0.29, 0.717) is 25.3 Å². The fourth-order valence-corrected chi connectivity index (χ4v) is 6.54. The van der Waals surface area contributed by atoms with Gasteiger partial charge in [0.15, 0.2) is 5.76 Å². The first-order valence-electron chi connectivity index (χ1n) is 16.1. The Morgan fingerprint density at radius 3 is 2.02 bits per heavy atom. The lowest BCUT2D eigenvalue weighted by molar-refractivity contribution is 0.0216. The number of amides is 2. The Morgan fingerprint density at radius 1 is 0.826 bits per heavy atom. The largest absolute Gasteiger partial charge is 0.456 e. The Morgan fingerprint density at radius 2 is 1.39 bits per heavy atom. The number of hydrogen-bond donors (Lipinski definition) is 1. The average Bonchev–Trinajstić information content (AvgIpc) is 3.79. The number of nitrogens with zero attached hydrogens (tertiary/aromatic N) is 4. The monoisotopic (exact) mass is 627 g/mol. The van der Waals surface area contributed by atoms with Crippen LogP contribution in [0.3, 0.4) is 0 Å². The van der Waals surface area contributed by atoms with Crippen molar-refractivity contribution in [1.29, 1.82) is 0 Å². The van der Waals surface area contributed by atoms with Gasteiger partial charge in [0.05, 0.1) is 18.3 Å². The standard InChI is InChI=1S/C35H41N5O6/c1-34(2,3)45-32(41)39-11-7-9-25(39)23-13-22(18-36-23)29-16-20-14-28-21(15-27(20)43-29)17-30(44-28)24-19-37-31(38-24)26-10-8-12-40(26)33(42)46-35(4,5)6/h14-19,25-26H,7-13H2,1-6H3,(H,37,38)/t25-,26-/m0/s1. The summed E-state index contributed by atoms with van der Waals surface area (Å²) < 4.78 is 23.8. The third-order valence-corrected chi connectivity index (χ3v) is 8.55. The zero-order valence-corrected chi connectivity index (χ0v) is 27.3. The molecule has 242 valence electrons. The fraction of sp³-hybridized carbons (Fsp3) is 0.486. The lowest BCUT2D eigenvalue weighted by atomic mass is 10.0. The van der Waals surface area contributed by atoms with Gasteiger partial charge in [0.2, 0.25) is 0 Å². The first-order chi connectivity index (χ1) is 21.8. The van der Waals surface area contributed by atoms with Crippen LogP contribution in [0.4, 0.5) is 9.59 Å². The van der Waals surface area contributed by atoms with Crippen LogP contribution in [0.25, 0.3) is 39.0 Å². The number of nitrogens with one attached hydrogen (secondary N) is 1. The molecule has 11 heteroatoms. The van der Waals surface area contributed by atoms with E-state index in [1.807, 2.05) is 72.0 Å². The Labute approximate surface area is 267 Å². The Kier molecular flexibility index (Phi) is 7.25. The Hall–Kier alpha value is -4.54. The second kappa shape index (κ2) is 11.1. The summed E-state index contributed by atoms with van der Waals surface area (Å²) in [5, 5.41) is 1.84. The first kappa shape index (κ1) is 30.1. The van der Waals surface area contributed by atoms with Crippen LogP contribution in [0.2, 0.25) is 0 Å². The number of aromatic amines is 1. The molecule has 0 spiro atoms. The Bertz CT molecular complexity index is 1830. The highest BCUT2D eigenvalue weighted by molar-refractivity contribution is 6.03. The maximum atomic E-state index is 12.8.